The lowest BCUT2D eigenvalue weighted by molar-refractivity contribution is 0.0173. The summed E-state index contributed by atoms with van der Waals surface area (Å²) in [5, 5.41) is 0. The molecular weight excluding hydrogens is 316 g/mol. The number of benzene rings is 2. The molecule has 2 aromatic rings. The third-order valence-corrected chi connectivity index (χ3v) is 5.72. The largest absolute Gasteiger partial charge is 0.299 e. The Kier molecular flexibility index (Phi) is 5.24. The number of nitrogens with zero attached hydrogens (tertiary/aromatic N) is 1. The minimum Gasteiger partial charge on any atom is -0.299 e. The van der Waals surface area contributed by atoms with E-state index >= 15 is 0 Å². The first-order chi connectivity index (χ1) is 11.9. The van der Waals surface area contributed by atoms with Gasteiger partial charge in [0.25, 0.3) is 5.92 Å². The van der Waals surface area contributed by atoms with Crippen LogP contribution in [-0.4, -0.2) is 18.0 Å². The van der Waals surface area contributed by atoms with Crippen molar-refractivity contribution in [2.45, 2.75) is 51.0 Å². The SMILES string of the molecule is CCC1(c2ccccc2)CCN(Cc2cccc(C(C)(F)F)c2)CC1. The number of alkyl halides is 2. The van der Waals surface area contributed by atoms with E-state index < -0.39 is 5.92 Å². The van der Waals surface area contributed by atoms with Crippen LogP contribution in [0.15, 0.2) is 54.6 Å². The standard InChI is InChI=1S/C22H27F2N/c1-3-22(19-9-5-4-6-10-19)12-14-25(15-13-22)17-18-8-7-11-20(16-18)21(2,23)24/h4-11,16H,3,12-15,17H2,1-2H3. The average Bonchev–Trinajstić information content (AvgIpc) is 2.63. The summed E-state index contributed by atoms with van der Waals surface area (Å²) in [4.78, 5) is 2.39. The van der Waals surface area contributed by atoms with Gasteiger partial charge in [0.05, 0.1) is 0 Å². The summed E-state index contributed by atoms with van der Waals surface area (Å²) >= 11 is 0. The minimum atomic E-state index is -2.78. The molecule has 0 aromatic heterocycles. The van der Waals surface area contributed by atoms with E-state index in [1.807, 2.05) is 6.07 Å². The predicted octanol–water partition coefficient (Wildman–Crippen LogP) is 5.74. The molecule has 134 valence electrons. The Morgan fingerprint density at radius 1 is 1.00 bits per heavy atom. The number of hydrogen-bond acceptors (Lipinski definition) is 1. The van der Waals surface area contributed by atoms with E-state index in [1.165, 1.54) is 11.6 Å². The highest BCUT2D eigenvalue weighted by Crippen LogP contribution is 2.38. The van der Waals surface area contributed by atoms with E-state index in [-0.39, 0.29) is 11.0 Å². The Morgan fingerprint density at radius 3 is 2.28 bits per heavy atom. The van der Waals surface area contributed by atoms with Crippen LogP contribution in [0.3, 0.4) is 0 Å². The fourth-order valence-electron chi connectivity index (χ4n) is 3.98. The quantitative estimate of drug-likeness (QED) is 0.669. The summed E-state index contributed by atoms with van der Waals surface area (Å²) in [5.74, 6) is -2.78. The third kappa shape index (κ3) is 4.09. The Morgan fingerprint density at radius 2 is 1.68 bits per heavy atom. The Balaban J connectivity index is 1.67. The number of hydrogen-bond donors (Lipinski definition) is 0. The van der Waals surface area contributed by atoms with E-state index in [0.717, 1.165) is 51.4 Å². The van der Waals surface area contributed by atoms with Gasteiger partial charge in [-0.05, 0) is 55.0 Å². The predicted molar refractivity (Wildman–Crippen MR) is 98.9 cm³/mol. The molecule has 0 aliphatic carbocycles. The summed E-state index contributed by atoms with van der Waals surface area (Å²) in [6, 6.07) is 17.7. The van der Waals surface area contributed by atoms with Crippen LogP contribution in [0, 0.1) is 0 Å². The lowest BCUT2D eigenvalue weighted by atomic mass is 9.71. The van der Waals surface area contributed by atoms with Gasteiger partial charge in [0.1, 0.15) is 0 Å². The maximum atomic E-state index is 13.5. The van der Waals surface area contributed by atoms with Gasteiger partial charge in [-0.2, -0.15) is 0 Å². The van der Waals surface area contributed by atoms with Gasteiger partial charge in [0, 0.05) is 19.0 Å². The van der Waals surface area contributed by atoms with Gasteiger partial charge in [-0.25, -0.2) is 8.78 Å². The van der Waals surface area contributed by atoms with Crippen LogP contribution in [0.5, 0.6) is 0 Å². The first-order valence-electron chi connectivity index (χ1n) is 9.18. The highest BCUT2D eigenvalue weighted by Gasteiger charge is 2.34. The summed E-state index contributed by atoms with van der Waals surface area (Å²) in [7, 11) is 0. The van der Waals surface area contributed by atoms with Crippen molar-refractivity contribution in [3.05, 3.63) is 71.3 Å². The molecule has 1 aliphatic heterocycles. The molecule has 3 rings (SSSR count). The van der Waals surface area contributed by atoms with Crippen molar-refractivity contribution in [3.63, 3.8) is 0 Å². The van der Waals surface area contributed by atoms with Gasteiger partial charge in [0.2, 0.25) is 0 Å². The maximum Gasteiger partial charge on any atom is 0.270 e. The molecule has 0 unspecified atom stereocenters. The minimum absolute atomic E-state index is 0.106. The molecule has 0 atom stereocenters. The van der Waals surface area contributed by atoms with Crippen LogP contribution in [0.25, 0.3) is 0 Å². The molecule has 0 spiro atoms. The molecule has 0 amide bonds. The van der Waals surface area contributed by atoms with E-state index in [9.17, 15) is 8.78 Å². The van der Waals surface area contributed by atoms with Crippen LogP contribution >= 0.6 is 0 Å². The molecule has 0 N–H and O–H groups in total. The van der Waals surface area contributed by atoms with Gasteiger partial charge in [-0.3, -0.25) is 4.90 Å². The van der Waals surface area contributed by atoms with Gasteiger partial charge >= 0.3 is 0 Å². The van der Waals surface area contributed by atoms with Crippen molar-refractivity contribution < 1.29 is 8.78 Å². The van der Waals surface area contributed by atoms with Crippen LogP contribution < -0.4 is 0 Å². The van der Waals surface area contributed by atoms with E-state index in [1.54, 1.807) is 12.1 Å². The highest BCUT2D eigenvalue weighted by molar-refractivity contribution is 5.28. The van der Waals surface area contributed by atoms with Gasteiger partial charge in [-0.15, -0.1) is 0 Å². The first-order valence-corrected chi connectivity index (χ1v) is 9.18. The molecular formula is C22H27F2N. The molecule has 3 heteroatoms. The van der Waals surface area contributed by atoms with Gasteiger partial charge in [0.15, 0.2) is 0 Å². The molecule has 25 heavy (non-hydrogen) atoms. The van der Waals surface area contributed by atoms with Crippen molar-refractivity contribution in [1.82, 2.24) is 4.90 Å². The van der Waals surface area contributed by atoms with Crippen LogP contribution in [0.1, 0.15) is 49.8 Å². The molecule has 1 heterocycles. The number of rotatable bonds is 5. The summed E-state index contributed by atoms with van der Waals surface area (Å²) in [5.41, 5.74) is 2.78. The molecule has 1 saturated heterocycles. The fraction of sp³-hybridized carbons (Fsp3) is 0.455. The van der Waals surface area contributed by atoms with Crippen molar-refractivity contribution in [2.24, 2.45) is 0 Å². The fourth-order valence-corrected chi connectivity index (χ4v) is 3.98. The Hall–Kier alpha value is -1.74. The topological polar surface area (TPSA) is 3.24 Å². The lowest BCUT2D eigenvalue weighted by Gasteiger charge is -2.42. The lowest BCUT2D eigenvalue weighted by Crippen LogP contribution is -2.42. The molecule has 2 aromatic carbocycles. The van der Waals surface area contributed by atoms with Crippen molar-refractivity contribution >= 4 is 0 Å². The van der Waals surface area contributed by atoms with Crippen molar-refractivity contribution in [3.8, 4) is 0 Å². The van der Waals surface area contributed by atoms with E-state index in [0.29, 0.717) is 0 Å². The Bertz CT molecular complexity index is 683. The Labute approximate surface area is 149 Å². The summed E-state index contributed by atoms with van der Waals surface area (Å²) in [6.45, 7) is 6.00. The zero-order valence-corrected chi connectivity index (χ0v) is 15.1. The number of halogens is 2. The number of piperidine rings is 1. The molecule has 1 fully saturated rings. The molecule has 0 saturated carbocycles. The number of likely N-dealkylation sites (tertiary alicyclic amines) is 1. The van der Waals surface area contributed by atoms with Crippen LogP contribution in [0.4, 0.5) is 8.78 Å². The summed E-state index contributed by atoms with van der Waals surface area (Å²) in [6.07, 6.45) is 3.39. The molecule has 1 aliphatic rings. The molecule has 0 bridgehead atoms. The van der Waals surface area contributed by atoms with Gasteiger partial charge in [-0.1, -0.05) is 55.5 Å². The second kappa shape index (κ2) is 7.25. The zero-order valence-electron chi connectivity index (χ0n) is 15.1. The van der Waals surface area contributed by atoms with E-state index in [4.69, 9.17) is 0 Å². The third-order valence-electron chi connectivity index (χ3n) is 5.72. The monoisotopic (exact) mass is 343 g/mol. The molecule has 0 radical (unpaired) electrons. The maximum absolute atomic E-state index is 13.5. The summed E-state index contributed by atoms with van der Waals surface area (Å²) < 4.78 is 27.1. The molecule has 1 nitrogen and oxygen atoms in total. The van der Waals surface area contributed by atoms with Crippen molar-refractivity contribution in [2.75, 3.05) is 13.1 Å². The smallest absolute Gasteiger partial charge is 0.270 e. The van der Waals surface area contributed by atoms with Crippen LogP contribution in [0.2, 0.25) is 0 Å². The zero-order chi connectivity index (χ0) is 17.9. The highest BCUT2D eigenvalue weighted by atomic mass is 19.3. The van der Waals surface area contributed by atoms with Crippen molar-refractivity contribution in [1.29, 1.82) is 0 Å². The second-order valence-corrected chi connectivity index (χ2v) is 7.36. The average molecular weight is 343 g/mol. The van der Waals surface area contributed by atoms with E-state index in [2.05, 4.69) is 42.2 Å². The van der Waals surface area contributed by atoms with Crippen LogP contribution in [-0.2, 0) is 17.9 Å². The van der Waals surface area contributed by atoms with Gasteiger partial charge < -0.3 is 0 Å². The normalized spacial score (nSPS) is 18.2. The first kappa shape index (κ1) is 18.1. The second-order valence-electron chi connectivity index (χ2n) is 7.36.